The van der Waals surface area contributed by atoms with Crippen molar-refractivity contribution in [3.8, 4) is 0 Å². The van der Waals surface area contributed by atoms with E-state index in [9.17, 15) is 0 Å². The third-order valence-corrected chi connectivity index (χ3v) is 3.94. The number of nitrogen functional groups attached to an aromatic ring is 2. The largest absolute Gasteiger partial charge is 0.383 e. The van der Waals surface area contributed by atoms with E-state index in [1.54, 1.807) is 0 Å². The van der Waals surface area contributed by atoms with Crippen molar-refractivity contribution in [1.29, 1.82) is 0 Å². The molecule has 0 saturated heterocycles. The Kier molecular flexibility index (Phi) is 2.85. The molecule has 1 aromatic heterocycles. The SMILES string of the molecule is CC1CCC(c2ccccc2)c2nc(N)nc(N)c21. The Balaban J connectivity index is 2.15. The zero-order valence-corrected chi connectivity index (χ0v) is 11.0. The highest BCUT2D eigenvalue weighted by Crippen LogP contribution is 2.42. The Bertz CT molecular complexity index is 595. The summed E-state index contributed by atoms with van der Waals surface area (Å²) in [5, 5.41) is 0. The van der Waals surface area contributed by atoms with Crippen molar-refractivity contribution in [2.24, 2.45) is 0 Å². The van der Waals surface area contributed by atoms with Crippen LogP contribution in [0.1, 0.15) is 48.4 Å². The van der Waals surface area contributed by atoms with Gasteiger partial charge >= 0.3 is 0 Å². The van der Waals surface area contributed by atoms with Crippen LogP contribution < -0.4 is 11.5 Å². The molecular weight excluding hydrogens is 236 g/mol. The first-order valence-electron chi connectivity index (χ1n) is 6.64. The second-order valence-corrected chi connectivity index (χ2v) is 5.21. The van der Waals surface area contributed by atoms with Gasteiger partial charge in [-0.25, -0.2) is 4.98 Å². The third-order valence-electron chi connectivity index (χ3n) is 3.94. The lowest BCUT2D eigenvalue weighted by atomic mass is 9.77. The van der Waals surface area contributed by atoms with Crippen molar-refractivity contribution in [3.05, 3.63) is 47.2 Å². The van der Waals surface area contributed by atoms with E-state index in [2.05, 4.69) is 41.2 Å². The first-order chi connectivity index (χ1) is 9.16. The molecule has 1 aliphatic rings. The Morgan fingerprint density at radius 3 is 2.53 bits per heavy atom. The van der Waals surface area contributed by atoms with Crippen LogP contribution in [-0.2, 0) is 0 Å². The summed E-state index contributed by atoms with van der Waals surface area (Å²) in [5.74, 6) is 1.48. The van der Waals surface area contributed by atoms with Crippen molar-refractivity contribution < 1.29 is 0 Å². The number of anilines is 2. The van der Waals surface area contributed by atoms with Crippen molar-refractivity contribution in [2.75, 3.05) is 11.5 Å². The van der Waals surface area contributed by atoms with Crippen LogP contribution in [0, 0.1) is 0 Å². The average Bonchev–Trinajstić information content (AvgIpc) is 2.39. The number of nitrogens with zero attached hydrogens (tertiary/aromatic N) is 2. The molecule has 2 unspecified atom stereocenters. The van der Waals surface area contributed by atoms with Gasteiger partial charge in [-0.1, -0.05) is 37.3 Å². The summed E-state index contributed by atoms with van der Waals surface area (Å²) < 4.78 is 0. The molecule has 4 nitrogen and oxygen atoms in total. The fourth-order valence-electron chi connectivity index (χ4n) is 3.00. The smallest absolute Gasteiger partial charge is 0.222 e. The van der Waals surface area contributed by atoms with Crippen molar-refractivity contribution in [1.82, 2.24) is 9.97 Å². The monoisotopic (exact) mass is 254 g/mol. The van der Waals surface area contributed by atoms with E-state index in [4.69, 9.17) is 11.5 Å². The normalized spacial score (nSPS) is 21.9. The summed E-state index contributed by atoms with van der Waals surface area (Å²) in [4.78, 5) is 8.58. The van der Waals surface area contributed by atoms with Gasteiger partial charge in [0.1, 0.15) is 5.82 Å². The molecule has 1 aromatic carbocycles. The molecule has 1 heterocycles. The predicted octanol–water partition coefficient (Wildman–Crippen LogP) is 2.67. The number of rotatable bonds is 1. The Morgan fingerprint density at radius 2 is 1.79 bits per heavy atom. The van der Waals surface area contributed by atoms with Gasteiger partial charge in [-0.15, -0.1) is 0 Å². The quantitative estimate of drug-likeness (QED) is 0.820. The van der Waals surface area contributed by atoms with Crippen LogP contribution in [0.2, 0.25) is 0 Å². The maximum atomic E-state index is 6.04. The van der Waals surface area contributed by atoms with Gasteiger partial charge in [0.05, 0.1) is 5.69 Å². The fourth-order valence-corrected chi connectivity index (χ4v) is 3.00. The van der Waals surface area contributed by atoms with E-state index in [1.165, 1.54) is 5.56 Å². The molecule has 0 fully saturated rings. The molecule has 4 N–H and O–H groups in total. The molecule has 0 bridgehead atoms. The van der Waals surface area contributed by atoms with Gasteiger partial charge < -0.3 is 11.5 Å². The molecule has 0 saturated carbocycles. The molecule has 1 aliphatic carbocycles. The van der Waals surface area contributed by atoms with Gasteiger partial charge in [-0.05, 0) is 24.3 Å². The predicted molar refractivity (Wildman–Crippen MR) is 76.8 cm³/mol. The van der Waals surface area contributed by atoms with Gasteiger partial charge in [-0.3, -0.25) is 0 Å². The van der Waals surface area contributed by atoms with Crippen molar-refractivity contribution in [3.63, 3.8) is 0 Å². The van der Waals surface area contributed by atoms with Gasteiger partial charge in [0.15, 0.2) is 0 Å². The number of hydrogen-bond donors (Lipinski definition) is 2. The Labute approximate surface area is 112 Å². The summed E-state index contributed by atoms with van der Waals surface area (Å²) in [6.07, 6.45) is 2.18. The van der Waals surface area contributed by atoms with E-state index >= 15 is 0 Å². The molecular formula is C15H18N4. The minimum Gasteiger partial charge on any atom is -0.383 e. The molecule has 0 radical (unpaired) electrons. The minimum absolute atomic E-state index is 0.270. The van der Waals surface area contributed by atoms with Crippen LogP contribution >= 0.6 is 0 Å². The number of benzene rings is 1. The lowest BCUT2D eigenvalue weighted by Gasteiger charge is -2.29. The average molecular weight is 254 g/mol. The first-order valence-corrected chi connectivity index (χ1v) is 6.64. The van der Waals surface area contributed by atoms with E-state index in [0.717, 1.165) is 24.1 Å². The van der Waals surface area contributed by atoms with Gasteiger partial charge in [0.25, 0.3) is 0 Å². The summed E-state index contributed by atoms with van der Waals surface area (Å²) in [6, 6.07) is 10.4. The first kappa shape index (κ1) is 12.0. The van der Waals surface area contributed by atoms with E-state index in [1.807, 2.05) is 6.07 Å². The molecule has 2 atom stereocenters. The van der Waals surface area contributed by atoms with Gasteiger partial charge in [-0.2, -0.15) is 4.98 Å². The van der Waals surface area contributed by atoms with Crippen LogP contribution in [0.5, 0.6) is 0 Å². The maximum absolute atomic E-state index is 6.04. The summed E-state index contributed by atoms with van der Waals surface area (Å²) in [6.45, 7) is 2.18. The Morgan fingerprint density at radius 1 is 1.05 bits per heavy atom. The number of aromatic nitrogens is 2. The van der Waals surface area contributed by atoms with Crippen LogP contribution in [0.25, 0.3) is 0 Å². The molecule has 4 heteroatoms. The van der Waals surface area contributed by atoms with Crippen LogP contribution in [-0.4, -0.2) is 9.97 Å². The van der Waals surface area contributed by atoms with Crippen LogP contribution in [0.15, 0.2) is 30.3 Å². The molecule has 3 rings (SSSR count). The highest BCUT2D eigenvalue weighted by atomic mass is 15.0. The lowest BCUT2D eigenvalue weighted by molar-refractivity contribution is 0.532. The van der Waals surface area contributed by atoms with E-state index in [-0.39, 0.29) is 11.9 Å². The van der Waals surface area contributed by atoms with E-state index in [0.29, 0.717) is 11.7 Å². The summed E-state index contributed by atoms with van der Waals surface area (Å²) >= 11 is 0. The van der Waals surface area contributed by atoms with Gasteiger partial charge in [0.2, 0.25) is 5.95 Å². The molecule has 0 aliphatic heterocycles. The number of nitrogens with two attached hydrogens (primary N) is 2. The fraction of sp³-hybridized carbons (Fsp3) is 0.333. The maximum Gasteiger partial charge on any atom is 0.222 e. The zero-order chi connectivity index (χ0) is 13.4. The topological polar surface area (TPSA) is 77.8 Å². The van der Waals surface area contributed by atoms with E-state index < -0.39 is 0 Å². The molecule has 98 valence electrons. The highest BCUT2D eigenvalue weighted by molar-refractivity contribution is 5.52. The number of fused-ring (bicyclic) bond motifs is 1. The third kappa shape index (κ3) is 2.03. The highest BCUT2D eigenvalue weighted by Gasteiger charge is 2.30. The zero-order valence-electron chi connectivity index (χ0n) is 11.0. The minimum atomic E-state index is 0.270. The Hall–Kier alpha value is -2.10. The second-order valence-electron chi connectivity index (χ2n) is 5.21. The summed E-state index contributed by atoms with van der Waals surface area (Å²) in [5.41, 5.74) is 15.2. The van der Waals surface area contributed by atoms with Crippen molar-refractivity contribution >= 4 is 11.8 Å². The standard InChI is InChI=1S/C15H18N4/c1-9-7-8-11(10-5-3-2-4-6-10)13-12(9)14(16)19-15(17)18-13/h2-6,9,11H,7-8H2,1H3,(H4,16,17,18,19). The van der Waals surface area contributed by atoms with Crippen molar-refractivity contribution in [2.45, 2.75) is 31.6 Å². The second kappa shape index (κ2) is 4.53. The van der Waals surface area contributed by atoms with Crippen LogP contribution in [0.4, 0.5) is 11.8 Å². The molecule has 2 aromatic rings. The van der Waals surface area contributed by atoms with Gasteiger partial charge in [0, 0.05) is 11.5 Å². The van der Waals surface area contributed by atoms with Crippen LogP contribution in [0.3, 0.4) is 0 Å². The molecule has 19 heavy (non-hydrogen) atoms. The summed E-state index contributed by atoms with van der Waals surface area (Å²) in [7, 11) is 0. The number of hydrogen-bond acceptors (Lipinski definition) is 4. The molecule has 0 amide bonds. The molecule has 0 spiro atoms. The lowest BCUT2D eigenvalue weighted by Crippen LogP contribution is -2.19.